The third-order valence-electron chi connectivity index (χ3n) is 4.21. The van der Waals surface area contributed by atoms with Crippen molar-refractivity contribution >= 4 is 33.7 Å². The van der Waals surface area contributed by atoms with Crippen molar-refractivity contribution in [2.24, 2.45) is 7.05 Å². The first-order chi connectivity index (χ1) is 12.0. The Balaban J connectivity index is 1.95. The van der Waals surface area contributed by atoms with E-state index < -0.39 is 5.97 Å². The van der Waals surface area contributed by atoms with E-state index in [4.69, 9.17) is 10.2 Å². The Kier molecular flexibility index (Phi) is 3.42. The summed E-state index contributed by atoms with van der Waals surface area (Å²) in [5.41, 5.74) is 4.66. The lowest BCUT2D eigenvalue weighted by atomic mass is 10.0. The predicted octanol–water partition coefficient (Wildman–Crippen LogP) is 2.92. The number of aromatic amines is 1. The highest BCUT2D eigenvalue weighted by Gasteiger charge is 2.16. The number of hydrogen-bond donors (Lipinski definition) is 3. The normalized spacial score (nSPS) is 11.3. The van der Waals surface area contributed by atoms with E-state index in [-0.39, 0.29) is 6.54 Å². The maximum absolute atomic E-state index is 10.8. The first-order valence-corrected chi connectivity index (χ1v) is 7.90. The highest BCUT2D eigenvalue weighted by Crippen LogP contribution is 2.34. The Labute approximate surface area is 143 Å². The van der Waals surface area contributed by atoms with Crippen LogP contribution in [-0.2, 0) is 11.8 Å². The van der Waals surface area contributed by atoms with Crippen LogP contribution in [0.15, 0.2) is 36.5 Å². The Morgan fingerprint density at radius 3 is 2.92 bits per heavy atom. The maximum Gasteiger partial charge on any atom is 0.322 e. The van der Waals surface area contributed by atoms with Crippen LogP contribution >= 0.6 is 0 Å². The zero-order valence-electron chi connectivity index (χ0n) is 13.9. The largest absolute Gasteiger partial charge is 0.480 e. The number of anilines is 1. The molecule has 3 N–H and O–H groups in total. The zero-order chi connectivity index (χ0) is 17.6. The number of aromatic nitrogens is 4. The van der Waals surface area contributed by atoms with Crippen LogP contribution in [0.5, 0.6) is 0 Å². The summed E-state index contributed by atoms with van der Waals surface area (Å²) in [5.74, 6) is -0.437. The first kappa shape index (κ1) is 15.2. The van der Waals surface area contributed by atoms with E-state index in [0.29, 0.717) is 11.5 Å². The van der Waals surface area contributed by atoms with Gasteiger partial charge in [-0.25, -0.2) is 4.98 Å². The lowest BCUT2D eigenvalue weighted by Crippen LogP contribution is -2.13. The SMILES string of the molecule is Cc1ccc2c(c1)c(-c1cc(NCC(=O)O)nc3[nH]ccc13)nn2C. The Morgan fingerprint density at radius 1 is 1.28 bits per heavy atom. The lowest BCUT2D eigenvalue weighted by Gasteiger charge is -2.07. The highest BCUT2D eigenvalue weighted by atomic mass is 16.4. The second kappa shape index (κ2) is 5.62. The fourth-order valence-corrected chi connectivity index (χ4v) is 3.07. The van der Waals surface area contributed by atoms with Crippen LogP contribution in [0, 0.1) is 6.92 Å². The topological polar surface area (TPSA) is 95.8 Å². The molecule has 7 heteroatoms. The summed E-state index contributed by atoms with van der Waals surface area (Å²) in [7, 11) is 1.92. The molecule has 0 saturated heterocycles. The summed E-state index contributed by atoms with van der Waals surface area (Å²) in [4.78, 5) is 18.4. The fourth-order valence-electron chi connectivity index (χ4n) is 3.07. The van der Waals surface area contributed by atoms with Crippen LogP contribution in [0.1, 0.15) is 5.56 Å². The molecule has 0 aliphatic rings. The van der Waals surface area contributed by atoms with E-state index in [1.54, 1.807) is 0 Å². The number of aryl methyl sites for hydroxylation is 2. The number of carbonyl (C=O) groups is 1. The van der Waals surface area contributed by atoms with Crippen molar-refractivity contribution in [3.8, 4) is 11.3 Å². The molecular formula is C18H17N5O2. The van der Waals surface area contributed by atoms with Crippen molar-refractivity contribution in [3.05, 3.63) is 42.1 Å². The third-order valence-corrected chi connectivity index (χ3v) is 4.21. The number of nitrogens with one attached hydrogen (secondary N) is 2. The van der Waals surface area contributed by atoms with Gasteiger partial charge in [-0.2, -0.15) is 5.10 Å². The first-order valence-electron chi connectivity index (χ1n) is 7.90. The number of H-pyrrole nitrogens is 1. The zero-order valence-corrected chi connectivity index (χ0v) is 13.9. The molecule has 0 bridgehead atoms. The molecule has 7 nitrogen and oxygen atoms in total. The second-order valence-corrected chi connectivity index (χ2v) is 6.04. The molecule has 0 radical (unpaired) electrons. The number of hydrogen-bond acceptors (Lipinski definition) is 4. The van der Waals surface area contributed by atoms with Gasteiger partial charge in [-0.1, -0.05) is 11.6 Å². The number of benzene rings is 1. The van der Waals surface area contributed by atoms with Crippen molar-refractivity contribution in [2.75, 3.05) is 11.9 Å². The number of aliphatic carboxylic acids is 1. The summed E-state index contributed by atoms with van der Waals surface area (Å²) < 4.78 is 1.85. The van der Waals surface area contributed by atoms with Gasteiger partial charge in [-0.05, 0) is 31.2 Å². The summed E-state index contributed by atoms with van der Waals surface area (Å²) in [6, 6.07) is 10.0. The van der Waals surface area contributed by atoms with E-state index in [2.05, 4.69) is 40.4 Å². The highest BCUT2D eigenvalue weighted by molar-refractivity contribution is 6.03. The van der Waals surface area contributed by atoms with Crippen LogP contribution in [0.2, 0.25) is 0 Å². The van der Waals surface area contributed by atoms with E-state index in [1.165, 1.54) is 0 Å². The molecule has 4 aromatic rings. The van der Waals surface area contributed by atoms with E-state index >= 15 is 0 Å². The molecule has 126 valence electrons. The van der Waals surface area contributed by atoms with Crippen molar-refractivity contribution in [1.82, 2.24) is 19.7 Å². The molecule has 0 aliphatic heterocycles. The van der Waals surface area contributed by atoms with Crippen molar-refractivity contribution in [1.29, 1.82) is 0 Å². The Morgan fingerprint density at radius 2 is 2.12 bits per heavy atom. The van der Waals surface area contributed by atoms with E-state index in [9.17, 15) is 4.79 Å². The second-order valence-electron chi connectivity index (χ2n) is 6.04. The summed E-state index contributed by atoms with van der Waals surface area (Å²) in [6.45, 7) is 1.86. The van der Waals surface area contributed by atoms with Crippen LogP contribution in [-0.4, -0.2) is 37.4 Å². The molecule has 0 spiro atoms. The lowest BCUT2D eigenvalue weighted by molar-refractivity contribution is -0.134. The molecule has 0 fully saturated rings. The van der Waals surface area contributed by atoms with Crippen LogP contribution in [0.25, 0.3) is 33.2 Å². The molecule has 0 aliphatic carbocycles. The summed E-state index contributed by atoms with van der Waals surface area (Å²) in [6.07, 6.45) is 1.82. The summed E-state index contributed by atoms with van der Waals surface area (Å²) in [5, 5.41) is 18.4. The van der Waals surface area contributed by atoms with Crippen molar-refractivity contribution < 1.29 is 9.90 Å². The average Bonchev–Trinajstić information content (AvgIpc) is 3.16. The molecular weight excluding hydrogens is 318 g/mol. The summed E-state index contributed by atoms with van der Waals surface area (Å²) >= 11 is 0. The fraction of sp³-hybridized carbons (Fsp3) is 0.167. The minimum Gasteiger partial charge on any atom is -0.480 e. The Bertz CT molecular complexity index is 1110. The monoisotopic (exact) mass is 335 g/mol. The predicted molar refractivity (Wildman–Crippen MR) is 96.7 cm³/mol. The third kappa shape index (κ3) is 2.59. The van der Waals surface area contributed by atoms with Gasteiger partial charge in [0.1, 0.15) is 23.7 Å². The van der Waals surface area contributed by atoms with Crippen molar-refractivity contribution in [3.63, 3.8) is 0 Å². The maximum atomic E-state index is 10.8. The van der Waals surface area contributed by atoms with Gasteiger partial charge in [0, 0.05) is 29.6 Å². The average molecular weight is 335 g/mol. The van der Waals surface area contributed by atoms with Crippen LogP contribution in [0.3, 0.4) is 0 Å². The van der Waals surface area contributed by atoms with Crippen LogP contribution in [0.4, 0.5) is 5.82 Å². The van der Waals surface area contributed by atoms with Gasteiger partial charge in [0.2, 0.25) is 0 Å². The van der Waals surface area contributed by atoms with E-state index in [1.807, 2.05) is 30.1 Å². The van der Waals surface area contributed by atoms with Gasteiger partial charge < -0.3 is 15.4 Å². The molecule has 0 amide bonds. The molecule has 1 aromatic carbocycles. The van der Waals surface area contributed by atoms with Gasteiger partial charge in [0.05, 0.1) is 5.52 Å². The molecule has 0 atom stereocenters. The molecule has 4 rings (SSSR count). The minimum atomic E-state index is -0.936. The van der Waals surface area contributed by atoms with Crippen LogP contribution < -0.4 is 5.32 Å². The van der Waals surface area contributed by atoms with Gasteiger partial charge in [-0.15, -0.1) is 0 Å². The Hall–Kier alpha value is -3.35. The smallest absolute Gasteiger partial charge is 0.322 e. The van der Waals surface area contributed by atoms with Gasteiger partial charge in [-0.3, -0.25) is 9.48 Å². The van der Waals surface area contributed by atoms with Gasteiger partial charge >= 0.3 is 5.97 Å². The number of nitrogens with zero attached hydrogens (tertiary/aromatic N) is 3. The molecule has 3 aromatic heterocycles. The number of pyridine rings is 1. The van der Waals surface area contributed by atoms with Crippen molar-refractivity contribution in [2.45, 2.75) is 6.92 Å². The quantitative estimate of drug-likeness (QED) is 0.533. The minimum absolute atomic E-state index is 0.194. The molecule has 0 unspecified atom stereocenters. The number of fused-ring (bicyclic) bond motifs is 2. The molecule has 0 saturated carbocycles. The standard InChI is InChI=1S/C18H17N5O2/c1-10-3-4-14-13(7-10)17(22-23(14)2)12-8-15(20-9-16(24)25)21-18-11(12)5-6-19-18/h3-8H,9H2,1-2H3,(H,24,25)(H2,19,20,21). The molecule has 25 heavy (non-hydrogen) atoms. The van der Waals surface area contributed by atoms with Gasteiger partial charge in [0.15, 0.2) is 0 Å². The number of carboxylic acids is 1. The number of rotatable bonds is 4. The number of carboxylic acid groups (broad SMARTS) is 1. The van der Waals surface area contributed by atoms with Gasteiger partial charge in [0.25, 0.3) is 0 Å². The molecule has 3 heterocycles. The van der Waals surface area contributed by atoms with E-state index in [0.717, 1.165) is 33.1 Å².